The number of benzene rings is 1. The maximum Gasteiger partial charge on any atom is 0.310 e. The second-order valence-corrected chi connectivity index (χ2v) is 9.30. The molecule has 0 bridgehead atoms. The summed E-state index contributed by atoms with van der Waals surface area (Å²) in [7, 11) is 0. The standard InChI is InChI=1S/C18H19Br2ClO2/c1-18(2)14(10-15(19)20)16(18)17(22)23-11-13-7-5-12(6-8-13)4-3-9-21/h3,5-10,14,16H,4,11H2,1-2H3/b9-3-. The van der Waals surface area contributed by atoms with Gasteiger partial charge in [0, 0.05) is 5.54 Å². The number of rotatable bonds is 6. The molecule has 0 aliphatic heterocycles. The Morgan fingerprint density at radius 2 is 1.87 bits per heavy atom. The topological polar surface area (TPSA) is 26.3 Å². The van der Waals surface area contributed by atoms with Gasteiger partial charge in [0.25, 0.3) is 0 Å². The summed E-state index contributed by atoms with van der Waals surface area (Å²) in [6.45, 7) is 4.48. The van der Waals surface area contributed by atoms with E-state index in [2.05, 4.69) is 45.7 Å². The van der Waals surface area contributed by atoms with Gasteiger partial charge in [-0.05, 0) is 60.7 Å². The van der Waals surface area contributed by atoms with Crippen molar-refractivity contribution in [3.8, 4) is 0 Å². The zero-order valence-corrected chi connectivity index (χ0v) is 17.0. The Morgan fingerprint density at radius 3 is 2.43 bits per heavy atom. The minimum absolute atomic E-state index is 0.0539. The number of esters is 1. The number of carbonyl (C=O) groups excluding carboxylic acids is 1. The summed E-state index contributed by atoms with van der Waals surface area (Å²) in [5, 5.41) is 0. The van der Waals surface area contributed by atoms with Crippen molar-refractivity contribution in [2.24, 2.45) is 17.3 Å². The Bertz CT molecular complexity index is 616. The summed E-state index contributed by atoms with van der Waals surface area (Å²) in [6.07, 6.45) is 4.71. The van der Waals surface area contributed by atoms with Crippen LogP contribution in [0.1, 0.15) is 25.0 Å². The van der Waals surface area contributed by atoms with E-state index in [1.54, 1.807) is 0 Å². The average Bonchev–Trinajstić information content (AvgIpc) is 3.03. The maximum atomic E-state index is 12.3. The van der Waals surface area contributed by atoms with Gasteiger partial charge in [-0.15, -0.1) is 0 Å². The van der Waals surface area contributed by atoms with Crippen LogP contribution in [0, 0.1) is 17.3 Å². The summed E-state index contributed by atoms with van der Waals surface area (Å²) in [4.78, 5) is 12.3. The van der Waals surface area contributed by atoms with E-state index >= 15 is 0 Å². The van der Waals surface area contributed by atoms with E-state index in [-0.39, 0.29) is 23.2 Å². The lowest BCUT2D eigenvalue weighted by molar-refractivity contribution is -0.147. The second kappa shape index (κ2) is 8.00. The van der Waals surface area contributed by atoms with Crippen LogP contribution >= 0.6 is 43.5 Å². The van der Waals surface area contributed by atoms with Gasteiger partial charge in [0.2, 0.25) is 0 Å². The molecule has 1 aromatic rings. The van der Waals surface area contributed by atoms with Crippen molar-refractivity contribution in [1.29, 1.82) is 0 Å². The summed E-state index contributed by atoms with van der Waals surface area (Å²) < 4.78 is 6.36. The lowest BCUT2D eigenvalue weighted by Gasteiger charge is -2.06. The molecule has 2 nitrogen and oxygen atoms in total. The van der Waals surface area contributed by atoms with Gasteiger partial charge in [0.1, 0.15) is 6.61 Å². The summed E-state index contributed by atoms with van der Waals surface area (Å²) in [6, 6.07) is 8.01. The van der Waals surface area contributed by atoms with E-state index in [1.165, 1.54) is 11.1 Å². The summed E-state index contributed by atoms with van der Waals surface area (Å²) in [5.41, 5.74) is 3.63. The highest BCUT2D eigenvalue weighted by Crippen LogP contribution is 2.60. The van der Waals surface area contributed by atoms with Crippen molar-refractivity contribution in [2.45, 2.75) is 26.9 Å². The highest BCUT2D eigenvalue weighted by molar-refractivity contribution is 9.28. The van der Waals surface area contributed by atoms with Crippen LogP contribution in [0.25, 0.3) is 0 Å². The molecule has 0 spiro atoms. The summed E-state index contributed by atoms with van der Waals surface area (Å²) in [5.74, 6) is -0.0131. The molecule has 0 heterocycles. The second-order valence-electron chi connectivity index (χ2n) is 6.27. The van der Waals surface area contributed by atoms with Gasteiger partial charge in [0.05, 0.1) is 9.31 Å². The molecule has 1 aromatic carbocycles. The molecular formula is C18H19Br2ClO2. The van der Waals surface area contributed by atoms with Gasteiger partial charge in [-0.2, -0.15) is 0 Å². The number of hydrogen-bond donors (Lipinski definition) is 0. The number of ether oxygens (including phenoxy) is 1. The number of carbonyl (C=O) groups is 1. The zero-order valence-electron chi connectivity index (χ0n) is 13.1. The largest absolute Gasteiger partial charge is 0.461 e. The number of hydrogen-bond acceptors (Lipinski definition) is 2. The van der Waals surface area contributed by atoms with Crippen molar-refractivity contribution < 1.29 is 9.53 Å². The summed E-state index contributed by atoms with van der Waals surface area (Å²) >= 11 is 12.2. The van der Waals surface area contributed by atoms with Gasteiger partial charge < -0.3 is 4.74 Å². The molecule has 1 fully saturated rings. The molecule has 0 saturated heterocycles. The maximum absolute atomic E-state index is 12.3. The number of halogens is 3. The van der Waals surface area contributed by atoms with Crippen molar-refractivity contribution in [3.05, 3.63) is 56.5 Å². The van der Waals surface area contributed by atoms with Gasteiger partial charge in [-0.1, -0.05) is 61.9 Å². The van der Waals surface area contributed by atoms with Gasteiger partial charge in [-0.3, -0.25) is 4.79 Å². The molecule has 2 atom stereocenters. The van der Waals surface area contributed by atoms with Crippen LogP contribution in [0.5, 0.6) is 0 Å². The van der Waals surface area contributed by atoms with E-state index in [9.17, 15) is 4.79 Å². The van der Waals surface area contributed by atoms with Crippen LogP contribution in [-0.2, 0) is 22.6 Å². The van der Waals surface area contributed by atoms with Crippen molar-refractivity contribution in [3.63, 3.8) is 0 Å². The lowest BCUT2D eigenvalue weighted by Crippen LogP contribution is -2.10. The van der Waals surface area contributed by atoms with E-state index in [4.69, 9.17) is 16.3 Å². The van der Waals surface area contributed by atoms with Gasteiger partial charge in [-0.25, -0.2) is 0 Å². The van der Waals surface area contributed by atoms with Gasteiger partial charge in [0.15, 0.2) is 0 Å². The van der Waals surface area contributed by atoms with E-state index in [1.807, 2.05) is 36.4 Å². The number of allylic oxidation sites excluding steroid dienone is 2. The molecule has 124 valence electrons. The smallest absolute Gasteiger partial charge is 0.310 e. The fraction of sp³-hybridized carbons (Fsp3) is 0.389. The first-order valence-corrected chi connectivity index (χ1v) is 9.41. The molecule has 0 aromatic heterocycles. The minimum Gasteiger partial charge on any atom is -0.461 e. The van der Waals surface area contributed by atoms with Crippen LogP contribution in [0.3, 0.4) is 0 Å². The fourth-order valence-electron chi connectivity index (χ4n) is 2.77. The third-order valence-corrected chi connectivity index (χ3v) is 5.02. The third kappa shape index (κ3) is 4.94. The van der Waals surface area contributed by atoms with Crippen LogP contribution in [0.2, 0.25) is 0 Å². The minimum atomic E-state index is -0.133. The Hall–Kier alpha value is -0.580. The monoisotopic (exact) mass is 460 g/mol. The molecule has 2 rings (SSSR count). The molecule has 2 unspecified atom stereocenters. The van der Waals surface area contributed by atoms with Crippen LogP contribution in [0.15, 0.2) is 45.3 Å². The average molecular weight is 463 g/mol. The molecule has 1 saturated carbocycles. The Balaban J connectivity index is 1.89. The Kier molecular flexibility index (Phi) is 6.52. The quantitative estimate of drug-likeness (QED) is 0.490. The molecule has 0 radical (unpaired) electrons. The molecule has 0 amide bonds. The molecule has 5 heteroatoms. The highest BCUT2D eigenvalue weighted by Gasteiger charge is 2.61. The third-order valence-electron chi connectivity index (χ3n) is 4.32. The van der Waals surface area contributed by atoms with E-state index < -0.39 is 0 Å². The zero-order chi connectivity index (χ0) is 17.0. The SMILES string of the molecule is CC1(C)C(C=C(Br)Br)C1C(=O)OCc1ccc(C/C=C\Cl)cc1. The first-order chi connectivity index (χ1) is 10.9. The van der Waals surface area contributed by atoms with Gasteiger partial charge >= 0.3 is 5.97 Å². The van der Waals surface area contributed by atoms with Crippen molar-refractivity contribution in [1.82, 2.24) is 0 Å². The predicted octanol–water partition coefficient (Wildman–Crippen LogP) is 5.93. The molecule has 23 heavy (non-hydrogen) atoms. The fourth-order valence-corrected chi connectivity index (χ4v) is 3.43. The lowest BCUT2D eigenvalue weighted by atomic mass is 10.1. The normalized spacial score (nSPS) is 22.0. The van der Waals surface area contributed by atoms with E-state index in [0.29, 0.717) is 6.61 Å². The van der Waals surface area contributed by atoms with Crippen molar-refractivity contribution >= 4 is 49.4 Å². The first-order valence-electron chi connectivity index (χ1n) is 7.38. The Morgan fingerprint density at radius 1 is 1.26 bits per heavy atom. The highest BCUT2D eigenvalue weighted by atomic mass is 79.9. The van der Waals surface area contributed by atoms with Crippen LogP contribution in [0.4, 0.5) is 0 Å². The Labute approximate surface area is 159 Å². The van der Waals surface area contributed by atoms with Crippen LogP contribution < -0.4 is 0 Å². The first kappa shape index (κ1) is 18.8. The molecular weight excluding hydrogens is 443 g/mol. The molecule has 1 aliphatic carbocycles. The van der Waals surface area contributed by atoms with Crippen LogP contribution in [-0.4, -0.2) is 5.97 Å². The van der Waals surface area contributed by atoms with Crippen molar-refractivity contribution in [2.75, 3.05) is 0 Å². The molecule has 0 N–H and O–H groups in total. The molecule has 1 aliphatic rings. The van der Waals surface area contributed by atoms with E-state index in [0.717, 1.165) is 15.4 Å². The predicted molar refractivity (Wildman–Crippen MR) is 102 cm³/mol.